The molecule has 7 heteroatoms. The molecule has 2 aromatic carbocycles. The van der Waals surface area contributed by atoms with Crippen molar-refractivity contribution in [2.24, 2.45) is 0 Å². The molecule has 0 aromatic heterocycles. The summed E-state index contributed by atoms with van der Waals surface area (Å²) in [6, 6.07) is 10.2. The molecule has 0 bridgehead atoms. The summed E-state index contributed by atoms with van der Waals surface area (Å²) in [5.41, 5.74) is 0.939. The first-order valence-electron chi connectivity index (χ1n) is 7.95. The van der Waals surface area contributed by atoms with Crippen LogP contribution >= 0.6 is 0 Å². The summed E-state index contributed by atoms with van der Waals surface area (Å²) < 4.78 is 38.0. The fraction of sp³-hybridized carbons (Fsp3) is 0.333. The van der Waals surface area contributed by atoms with Gasteiger partial charge >= 0.3 is 51.4 Å². The van der Waals surface area contributed by atoms with Gasteiger partial charge in [-0.2, -0.15) is 8.42 Å². The quantitative estimate of drug-likeness (QED) is 0.413. The summed E-state index contributed by atoms with van der Waals surface area (Å²) in [4.78, 5) is -0.286. The molecule has 1 N–H and O–H groups in total. The molecule has 25 heavy (non-hydrogen) atoms. The van der Waals surface area contributed by atoms with Crippen LogP contribution in [0.15, 0.2) is 47.4 Å². The second kappa shape index (κ2) is 10.7. The second-order valence-corrected chi connectivity index (χ2v) is 7.03. The number of ether oxygens (including phenoxy) is 1. The van der Waals surface area contributed by atoms with Crippen molar-refractivity contribution >= 4 is 10.1 Å². The summed E-state index contributed by atoms with van der Waals surface area (Å²) in [6.45, 7) is 2.14. The third-order valence-electron chi connectivity index (χ3n) is 3.66. The molecule has 0 unspecified atom stereocenters. The summed E-state index contributed by atoms with van der Waals surface area (Å²) in [6.07, 6.45) is 5.22. The van der Waals surface area contributed by atoms with Gasteiger partial charge in [-0.05, 0) is 42.7 Å². The van der Waals surface area contributed by atoms with E-state index in [1.54, 1.807) is 12.1 Å². The number of benzene rings is 2. The monoisotopic (exact) mass is 388 g/mol. The van der Waals surface area contributed by atoms with Crippen molar-refractivity contribution in [1.82, 2.24) is 0 Å². The third-order valence-corrected chi connectivity index (χ3v) is 4.55. The number of aryl methyl sites for hydroxylation is 1. The fourth-order valence-corrected chi connectivity index (χ4v) is 2.99. The van der Waals surface area contributed by atoms with E-state index < -0.39 is 10.1 Å². The number of unbranched alkanes of at least 4 members (excludes halogenated alkanes) is 3. The van der Waals surface area contributed by atoms with E-state index in [4.69, 9.17) is 4.74 Å². The van der Waals surface area contributed by atoms with Gasteiger partial charge in [-0.15, -0.1) is 5.75 Å². The van der Waals surface area contributed by atoms with Crippen molar-refractivity contribution in [3.05, 3.63) is 48.0 Å². The number of hydrogen-bond acceptors (Lipinski definition) is 4. The van der Waals surface area contributed by atoms with E-state index in [9.17, 15) is 18.1 Å². The molecule has 0 amide bonds. The SMILES string of the molecule is CCCCCCc1ccc(S(=O)(=O)O)c(Oc2ccc([O-])cc2)c1.[K+]. The maximum Gasteiger partial charge on any atom is 1.00 e. The third kappa shape index (κ3) is 7.38. The van der Waals surface area contributed by atoms with Crippen molar-refractivity contribution < 1.29 is 74.2 Å². The second-order valence-electron chi connectivity index (χ2n) is 5.64. The molecule has 0 aliphatic carbocycles. The molecule has 0 atom stereocenters. The van der Waals surface area contributed by atoms with Crippen LogP contribution < -0.4 is 61.2 Å². The van der Waals surface area contributed by atoms with Crippen LogP contribution in [-0.2, 0) is 16.5 Å². The van der Waals surface area contributed by atoms with E-state index in [1.165, 1.54) is 30.3 Å². The van der Waals surface area contributed by atoms with Crippen LogP contribution in [0, 0.1) is 0 Å². The molecule has 0 heterocycles. The van der Waals surface area contributed by atoms with Crippen molar-refractivity contribution in [2.45, 2.75) is 43.9 Å². The average molecular weight is 389 g/mol. The van der Waals surface area contributed by atoms with E-state index in [2.05, 4.69) is 6.92 Å². The molecule has 0 spiro atoms. The van der Waals surface area contributed by atoms with E-state index in [0.29, 0.717) is 5.75 Å². The zero-order valence-corrected chi connectivity index (χ0v) is 18.5. The average Bonchev–Trinajstić information content (AvgIpc) is 2.53. The van der Waals surface area contributed by atoms with Gasteiger partial charge in [0.2, 0.25) is 0 Å². The Morgan fingerprint density at radius 3 is 2.32 bits per heavy atom. The van der Waals surface area contributed by atoms with Crippen LogP contribution in [0.3, 0.4) is 0 Å². The topological polar surface area (TPSA) is 86.7 Å². The minimum Gasteiger partial charge on any atom is -0.872 e. The molecule has 0 aliphatic rings. The summed E-state index contributed by atoms with van der Waals surface area (Å²) >= 11 is 0. The Kier molecular flexibility index (Phi) is 9.65. The number of rotatable bonds is 8. The molecule has 0 radical (unpaired) electrons. The summed E-state index contributed by atoms with van der Waals surface area (Å²) in [5.74, 6) is 0.230. The molecule has 0 aliphatic heterocycles. The summed E-state index contributed by atoms with van der Waals surface area (Å²) in [7, 11) is -4.39. The van der Waals surface area contributed by atoms with Gasteiger partial charge in [0, 0.05) is 0 Å². The van der Waals surface area contributed by atoms with E-state index >= 15 is 0 Å². The van der Waals surface area contributed by atoms with Crippen molar-refractivity contribution in [2.75, 3.05) is 0 Å². The molecular formula is C18H21KO5S. The van der Waals surface area contributed by atoms with Gasteiger partial charge in [0.05, 0.1) is 0 Å². The van der Waals surface area contributed by atoms with Crippen LogP contribution in [-0.4, -0.2) is 13.0 Å². The van der Waals surface area contributed by atoms with Gasteiger partial charge in [-0.3, -0.25) is 4.55 Å². The molecule has 0 fully saturated rings. The normalized spacial score (nSPS) is 11.0. The minimum absolute atomic E-state index is 0. The van der Waals surface area contributed by atoms with E-state index in [-0.39, 0.29) is 67.8 Å². The van der Waals surface area contributed by atoms with Crippen LogP contribution in [0.4, 0.5) is 0 Å². The van der Waals surface area contributed by atoms with Gasteiger partial charge in [-0.1, -0.05) is 44.4 Å². The van der Waals surface area contributed by atoms with Crippen LogP contribution in [0.1, 0.15) is 38.2 Å². The Balaban J connectivity index is 0.00000312. The van der Waals surface area contributed by atoms with Crippen LogP contribution in [0.25, 0.3) is 0 Å². The first-order chi connectivity index (χ1) is 11.4. The smallest absolute Gasteiger partial charge is 0.872 e. The number of hydrogen-bond donors (Lipinski definition) is 1. The van der Waals surface area contributed by atoms with Crippen LogP contribution in [0.5, 0.6) is 17.2 Å². The standard InChI is InChI=1S/C18H22O5S.K/c1-2-3-4-5-6-14-7-12-18(24(20,21)22)17(13-14)23-16-10-8-15(19)9-11-16;/h7-13,19H,2-6H2,1H3,(H,20,21,22);/q;+1/p-1. The maximum absolute atomic E-state index is 11.5. The molecule has 2 aromatic rings. The zero-order chi connectivity index (χ0) is 17.6. The van der Waals surface area contributed by atoms with E-state index in [0.717, 1.165) is 37.7 Å². The Hall–Kier alpha value is -0.414. The first kappa shape index (κ1) is 22.6. The Morgan fingerprint density at radius 2 is 1.72 bits per heavy atom. The minimum atomic E-state index is -4.39. The van der Waals surface area contributed by atoms with Gasteiger partial charge in [0.15, 0.2) is 0 Å². The van der Waals surface area contributed by atoms with Gasteiger partial charge < -0.3 is 9.84 Å². The molecule has 5 nitrogen and oxygen atoms in total. The van der Waals surface area contributed by atoms with Gasteiger partial charge in [0.1, 0.15) is 16.4 Å². The van der Waals surface area contributed by atoms with Crippen LogP contribution in [0.2, 0.25) is 0 Å². The summed E-state index contributed by atoms with van der Waals surface area (Å²) in [5, 5.41) is 11.1. The molecular weight excluding hydrogens is 367 g/mol. The van der Waals surface area contributed by atoms with E-state index in [1.807, 2.05) is 0 Å². The Morgan fingerprint density at radius 1 is 1.04 bits per heavy atom. The predicted octanol–water partition coefficient (Wildman–Crippen LogP) is 0.926. The Bertz CT molecular complexity index is 773. The fourth-order valence-electron chi connectivity index (χ4n) is 2.39. The zero-order valence-electron chi connectivity index (χ0n) is 14.6. The maximum atomic E-state index is 11.5. The van der Waals surface area contributed by atoms with Gasteiger partial charge in [0.25, 0.3) is 10.1 Å². The molecule has 0 saturated carbocycles. The Labute approximate surface area is 191 Å². The van der Waals surface area contributed by atoms with Crippen molar-refractivity contribution in [1.29, 1.82) is 0 Å². The molecule has 130 valence electrons. The first-order valence-corrected chi connectivity index (χ1v) is 9.39. The molecule has 2 rings (SSSR count). The van der Waals surface area contributed by atoms with Crippen molar-refractivity contribution in [3.8, 4) is 17.2 Å². The van der Waals surface area contributed by atoms with Crippen molar-refractivity contribution in [3.63, 3.8) is 0 Å². The predicted molar refractivity (Wildman–Crippen MR) is 90.1 cm³/mol. The largest absolute Gasteiger partial charge is 1.00 e. The molecule has 0 saturated heterocycles. The van der Waals surface area contributed by atoms with Gasteiger partial charge in [-0.25, -0.2) is 0 Å².